The summed E-state index contributed by atoms with van der Waals surface area (Å²) in [6.07, 6.45) is 0.135. The first-order valence-corrected chi connectivity index (χ1v) is 4.97. The minimum absolute atomic E-state index is 0.135. The highest BCUT2D eigenvalue weighted by atomic mass is 32.2. The van der Waals surface area contributed by atoms with Crippen LogP contribution in [0.4, 0.5) is 0 Å². The third kappa shape index (κ3) is 1.89. The van der Waals surface area contributed by atoms with Crippen molar-refractivity contribution < 1.29 is 9.84 Å². The Hall–Kier alpha value is -0.870. The molecule has 2 rings (SSSR count). The topological polar surface area (TPSA) is 41.5 Å². The van der Waals surface area contributed by atoms with Gasteiger partial charge >= 0.3 is 0 Å². The molecule has 0 saturated heterocycles. The Kier molecular flexibility index (Phi) is 2.33. The molecule has 0 spiro atoms. The quantitative estimate of drug-likeness (QED) is 0.622. The zero-order valence-corrected chi connectivity index (χ0v) is 8.10. The molecule has 0 aromatic heterocycles. The summed E-state index contributed by atoms with van der Waals surface area (Å²) >= 11 is 1.54. The van der Waals surface area contributed by atoms with Crippen LogP contribution in [0, 0.1) is 0 Å². The summed E-state index contributed by atoms with van der Waals surface area (Å²) in [5.41, 5.74) is 0. The first-order valence-electron chi connectivity index (χ1n) is 4.15. The number of benzene rings is 1. The molecule has 1 aliphatic rings. The summed E-state index contributed by atoms with van der Waals surface area (Å²) in [4.78, 5) is 1.02. The molecule has 1 aliphatic heterocycles. The van der Waals surface area contributed by atoms with Crippen LogP contribution in [0.3, 0.4) is 0 Å². The SMILES string of the molecule is C[C@@H]1CNSc2ccc(O)cc2O1. The second-order valence-corrected chi connectivity index (χ2v) is 3.94. The van der Waals surface area contributed by atoms with E-state index in [-0.39, 0.29) is 11.9 Å². The van der Waals surface area contributed by atoms with E-state index in [9.17, 15) is 5.11 Å². The normalized spacial score (nSPS) is 21.5. The molecular formula is C9H11NO2S. The lowest BCUT2D eigenvalue weighted by molar-refractivity contribution is 0.223. The van der Waals surface area contributed by atoms with E-state index in [1.54, 1.807) is 12.1 Å². The van der Waals surface area contributed by atoms with Crippen molar-refractivity contribution in [1.29, 1.82) is 0 Å². The van der Waals surface area contributed by atoms with Crippen molar-refractivity contribution in [2.24, 2.45) is 0 Å². The third-order valence-corrected chi connectivity index (χ3v) is 2.68. The van der Waals surface area contributed by atoms with E-state index < -0.39 is 0 Å². The average molecular weight is 197 g/mol. The van der Waals surface area contributed by atoms with Crippen molar-refractivity contribution in [3.05, 3.63) is 18.2 Å². The summed E-state index contributed by atoms with van der Waals surface area (Å²) in [7, 11) is 0. The van der Waals surface area contributed by atoms with Crippen molar-refractivity contribution in [3.8, 4) is 11.5 Å². The Morgan fingerprint density at radius 3 is 3.31 bits per heavy atom. The highest BCUT2D eigenvalue weighted by molar-refractivity contribution is 7.97. The number of hydrogen-bond donors (Lipinski definition) is 2. The molecular weight excluding hydrogens is 186 g/mol. The summed E-state index contributed by atoms with van der Waals surface area (Å²) in [6, 6.07) is 5.15. The average Bonchev–Trinajstić information content (AvgIpc) is 2.25. The highest BCUT2D eigenvalue weighted by Crippen LogP contribution is 2.33. The smallest absolute Gasteiger partial charge is 0.138 e. The maximum atomic E-state index is 9.26. The molecule has 0 fully saturated rings. The van der Waals surface area contributed by atoms with Crippen LogP contribution in [0.2, 0.25) is 0 Å². The van der Waals surface area contributed by atoms with Gasteiger partial charge in [0, 0.05) is 12.6 Å². The van der Waals surface area contributed by atoms with E-state index >= 15 is 0 Å². The summed E-state index contributed by atoms with van der Waals surface area (Å²) in [6.45, 7) is 2.80. The molecule has 0 bridgehead atoms. The van der Waals surface area contributed by atoms with Crippen LogP contribution >= 0.6 is 11.9 Å². The molecule has 1 aromatic rings. The van der Waals surface area contributed by atoms with E-state index in [2.05, 4.69) is 4.72 Å². The maximum Gasteiger partial charge on any atom is 0.138 e. The van der Waals surface area contributed by atoms with Crippen molar-refractivity contribution in [3.63, 3.8) is 0 Å². The number of nitrogens with one attached hydrogen (secondary N) is 1. The van der Waals surface area contributed by atoms with Crippen molar-refractivity contribution in [2.75, 3.05) is 6.54 Å². The van der Waals surface area contributed by atoms with Gasteiger partial charge in [-0.3, -0.25) is 4.72 Å². The second kappa shape index (κ2) is 3.47. The Balaban J connectivity index is 2.35. The van der Waals surface area contributed by atoms with Crippen LogP contribution in [-0.2, 0) is 0 Å². The fourth-order valence-electron chi connectivity index (χ4n) is 1.17. The number of phenolic OH excluding ortho intramolecular Hbond substituents is 1. The maximum absolute atomic E-state index is 9.26. The van der Waals surface area contributed by atoms with Gasteiger partial charge in [0.05, 0.1) is 4.90 Å². The molecule has 4 heteroatoms. The van der Waals surface area contributed by atoms with Gasteiger partial charge in [0.2, 0.25) is 0 Å². The molecule has 3 nitrogen and oxygen atoms in total. The number of aromatic hydroxyl groups is 1. The van der Waals surface area contributed by atoms with Gasteiger partial charge in [0.25, 0.3) is 0 Å². The lowest BCUT2D eigenvalue weighted by Crippen LogP contribution is -2.22. The zero-order valence-electron chi connectivity index (χ0n) is 7.28. The lowest BCUT2D eigenvalue weighted by Gasteiger charge is -2.11. The number of ether oxygens (including phenoxy) is 1. The zero-order chi connectivity index (χ0) is 9.26. The standard InChI is InChI=1S/C9H11NO2S/c1-6-5-10-13-9-3-2-7(11)4-8(9)12-6/h2-4,6,10-11H,5H2,1H3/t6-/m1/s1. The van der Waals surface area contributed by atoms with E-state index in [1.807, 2.05) is 13.0 Å². The third-order valence-electron chi connectivity index (χ3n) is 1.81. The van der Waals surface area contributed by atoms with Crippen LogP contribution < -0.4 is 9.46 Å². The monoisotopic (exact) mass is 197 g/mol. The minimum Gasteiger partial charge on any atom is -0.508 e. The van der Waals surface area contributed by atoms with Gasteiger partial charge in [-0.2, -0.15) is 0 Å². The molecule has 70 valence electrons. The van der Waals surface area contributed by atoms with Crippen molar-refractivity contribution in [2.45, 2.75) is 17.9 Å². The molecule has 1 atom stereocenters. The fraction of sp³-hybridized carbons (Fsp3) is 0.333. The van der Waals surface area contributed by atoms with Gasteiger partial charge in [-0.25, -0.2) is 0 Å². The second-order valence-electron chi connectivity index (χ2n) is 3.01. The van der Waals surface area contributed by atoms with Gasteiger partial charge in [-0.15, -0.1) is 0 Å². The van der Waals surface area contributed by atoms with Gasteiger partial charge in [-0.1, -0.05) is 0 Å². The van der Waals surface area contributed by atoms with E-state index in [1.165, 1.54) is 11.9 Å². The highest BCUT2D eigenvalue weighted by Gasteiger charge is 2.14. The molecule has 0 amide bonds. The first kappa shape index (κ1) is 8.72. The molecule has 2 N–H and O–H groups in total. The first-order chi connectivity index (χ1) is 6.25. The molecule has 1 heterocycles. The predicted octanol–water partition coefficient (Wildman–Crippen LogP) is 1.77. The number of phenols is 1. The fourth-order valence-corrected chi connectivity index (χ4v) is 1.99. The Morgan fingerprint density at radius 2 is 2.46 bits per heavy atom. The van der Waals surface area contributed by atoms with E-state index in [0.717, 1.165) is 17.2 Å². The summed E-state index contributed by atoms with van der Waals surface area (Å²) < 4.78 is 8.78. The van der Waals surface area contributed by atoms with E-state index in [0.29, 0.717) is 0 Å². The molecule has 0 unspecified atom stereocenters. The summed E-state index contributed by atoms with van der Waals surface area (Å²) in [5.74, 6) is 0.996. The number of hydrogen-bond acceptors (Lipinski definition) is 4. The summed E-state index contributed by atoms with van der Waals surface area (Å²) in [5, 5.41) is 9.26. The number of rotatable bonds is 0. The molecule has 0 saturated carbocycles. The minimum atomic E-state index is 0.135. The van der Waals surface area contributed by atoms with Crippen LogP contribution in [0.25, 0.3) is 0 Å². The molecule has 0 aliphatic carbocycles. The molecule has 1 aromatic carbocycles. The molecule has 13 heavy (non-hydrogen) atoms. The van der Waals surface area contributed by atoms with Gasteiger partial charge in [0.15, 0.2) is 0 Å². The van der Waals surface area contributed by atoms with Crippen LogP contribution in [-0.4, -0.2) is 17.8 Å². The Labute approximate surface area is 81.2 Å². The van der Waals surface area contributed by atoms with Crippen LogP contribution in [0.5, 0.6) is 11.5 Å². The largest absolute Gasteiger partial charge is 0.508 e. The Bertz CT molecular complexity index is 316. The van der Waals surface area contributed by atoms with Crippen molar-refractivity contribution >= 4 is 11.9 Å². The number of fused-ring (bicyclic) bond motifs is 1. The predicted molar refractivity (Wildman–Crippen MR) is 52.1 cm³/mol. The van der Waals surface area contributed by atoms with Crippen LogP contribution in [0.1, 0.15) is 6.92 Å². The van der Waals surface area contributed by atoms with Crippen LogP contribution in [0.15, 0.2) is 23.1 Å². The Morgan fingerprint density at radius 1 is 1.62 bits per heavy atom. The van der Waals surface area contributed by atoms with E-state index in [4.69, 9.17) is 4.74 Å². The van der Waals surface area contributed by atoms with Gasteiger partial charge in [0.1, 0.15) is 17.6 Å². The van der Waals surface area contributed by atoms with Gasteiger partial charge in [-0.05, 0) is 31.0 Å². The lowest BCUT2D eigenvalue weighted by atomic mass is 10.3. The van der Waals surface area contributed by atoms with Gasteiger partial charge < -0.3 is 9.84 Å². The molecule has 0 radical (unpaired) electrons. The van der Waals surface area contributed by atoms with Crippen molar-refractivity contribution in [1.82, 2.24) is 4.72 Å².